The number of pyridine rings is 1. The number of hydrogen-bond donors (Lipinski definition) is 1. The fraction of sp³-hybridized carbons (Fsp3) is 0.280. The molecule has 8 nitrogen and oxygen atoms in total. The Bertz CT molecular complexity index is 1340. The number of likely N-dealkylation sites (tertiary alicyclic amines) is 1. The lowest BCUT2D eigenvalue weighted by Crippen LogP contribution is -2.31. The lowest BCUT2D eigenvalue weighted by atomic mass is 10.0. The zero-order valence-corrected chi connectivity index (χ0v) is 19.6. The Morgan fingerprint density at radius 1 is 1.09 bits per heavy atom. The third kappa shape index (κ3) is 4.62. The van der Waals surface area contributed by atoms with Gasteiger partial charge in [0.2, 0.25) is 0 Å². The Kier molecular flexibility index (Phi) is 6.23. The van der Waals surface area contributed by atoms with E-state index < -0.39 is 11.6 Å². The van der Waals surface area contributed by atoms with Gasteiger partial charge in [0.05, 0.1) is 5.56 Å². The molecule has 3 heterocycles. The number of tetrazole rings is 1. The summed E-state index contributed by atoms with van der Waals surface area (Å²) >= 11 is 0. The van der Waals surface area contributed by atoms with Gasteiger partial charge in [-0.15, -0.1) is 5.10 Å². The normalized spacial score (nSPS) is 16.3. The number of nitrogen functional groups attached to an aromatic ring is 1. The quantitative estimate of drug-likeness (QED) is 0.456. The standard InChI is InChI=1S/C25H26F2N8/c1-33(2)19-10-11-34(15-19)14-16-6-8-17(9-7-16)18-12-20(24(28)29-13-18)25-30-31-32-35(25)22-5-3-4-21(26)23(22)27/h3-9,12-13,19H,10-11,14-15H2,1-2H3,(H2,28,29). The van der Waals surface area contributed by atoms with E-state index in [9.17, 15) is 8.78 Å². The number of benzene rings is 2. The van der Waals surface area contributed by atoms with Gasteiger partial charge in [-0.2, -0.15) is 4.68 Å². The minimum Gasteiger partial charge on any atom is -0.383 e. The second kappa shape index (κ2) is 9.47. The van der Waals surface area contributed by atoms with Crippen molar-refractivity contribution in [3.05, 3.63) is 71.9 Å². The van der Waals surface area contributed by atoms with E-state index in [2.05, 4.69) is 56.5 Å². The molecule has 0 saturated carbocycles. The molecule has 0 spiro atoms. The third-order valence-corrected chi connectivity index (χ3v) is 6.46. The first-order valence-electron chi connectivity index (χ1n) is 11.4. The van der Waals surface area contributed by atoms with Gasteiger partial charge in [0.15, 0.2) is 17.5 Å². The summed E-state index contributed by atoms with van der Waals surface area (Å²) in [6.45, 7) is 3.07. The predicted octanol–water partition coefficient (Wildman–Crippen LogP) is 3.39. The maximum absolute atomic E-state index is 14.4. The van der Waals surface area contributed by atoms with Gasteiger partial charge in [0.1, 0.15) is 11.5 Å². The Morgan fingerprint density at radius 2 is 1.89 bits per heavy atom. The molecule has 35 heavy (non-hydrogen) atoms. The van der Waals surface area contributed by atoms with Crippen LogP contribution in [0.3, 0.4) is 0 Å². The predicted molar refractivity (Wildman–Crippen MR) is 130 cm³/mol. The van der Waals surface area contributed by atoms with Crippen LogP contribution in [0.2, 0.25) is 0 Å². The first kappa shape index (κ1) is 23.0. The molecular formula is C25H26F2N8. The Labute approximate surface area is 202 Å². The smallest absolute Gasteiger partial charge is 0.190 e. The molecule has 2 aromatic carbocycles. The minimum absolute atomic E-state index is 0.113. The summed E-state index contributed by atoms with van der Waals surface area (Å²) in [5, 5.41) is 11.5. The number of likely N-dealkylation sites (N-methyl/N-ethyl adjacent to an activating group) is 1. The fourth-order valence-electron chi connectivity index (χ4n) is 4.42. The van der Waals surface area contributed by atoms with Crippen molar-refractivity contribution in [3.63, 3.8) is 0 Å². The molecule has 10 heteroatoms. The highest BCUT2D eigenvalue weighted by atomic mass is 19.2. The van der Waals surface area contributed by atoms with Gasteiger partial charge in [-0.25, -0.2) is 13.8 Å². The van der Waals surface area contributed by atoms with Crippen LogP contribution in [-0.4, -0.2) is 68.2 Å². The van der Waals surface area contributed by atoms with E-state index >= 15 is 0 Å². The average Bonchev–Trinajstić information content (AvgIpc) is 3.52. The van der Waals surface area contributed by atoms with Gasteiger partial charge < -0.3 is 10.6 Å². The number of rotatable bonds is 6. The highest BCUT2D eigenvalue weighted by molar-refractivity contribution is 5.76. The maximum atomic E-state index is 14.4. The summed E-state index contributed by atoms with van der Waals surface area (Å²) in [7, 11) is 4.26. The van der Waals surface area contributed by atoms with Crippen LogP contribution in [0, 0.1) is 11.6 Å². The van der Waals surface area contributed by atoms with Crippen molar-refractivity contribution >= 4 is 5.82 Å². The molecular weight excluding hydrogens is 450 g/mol. The number of nitrogens with zero attached hydrogens (tertiary/aromatic N) is 7. The van der Waals surface area contributed by atoms with Crippen LogP contribution in [0.4, 0.5) is 14.6 Å². The number of aromatic nitrogens is 5. The van der Waals surface area contributed by atoms with Gasteiger partial charge in [-0.05, 0) is 60.3 Å². The topological polar surface area (TPSA) is 89.0 Å². The van der Waals surface area contributed by atoms with Crippen molar-refractivity contribution in [2.75, 3.05) is 32.9 Å². The van der Waals surface area contributed by atoms with Crippen LogP contribution in [0.15, 0.2) is 54.7 Å². The first-order chi connectivity index (χ1) is 16.9. The van der Waals surface area contributed by atoms with E-state index in [4.69, 9.17) is 5.73 Å². The van der Waals surface area contributed by atoms with Crippen LogP contribution in [0.1, 0.15) is 12.0 Å². The van der Waals surface area contributed by atoms with Crippen LogP contribution < -0.4 is 5.73 Å². The average molecular weight is 477 g/mol. The van der Waals surface area contributed by atoms with Crippen molar-refractivity contribution in [1.82, 2.24) is 35.0 Å². The summed E-state index contributed by atoms with van der Waals surface area (Å²) < 4.78 is 29.3. The molecule has 0 bridgehead atoms. The van der Waals surface area contributed by atoms with Crippen LogP contribution in [0.5, 0.6) is 0 Å². The van der Waals surface area contributed by atoms with Gasteiger partial charge in [0, 0.05) is 37.4 Å². The van der Waals surface area contributed by atoms with Crippen LogP contribution in [0.25, 0.3) is 28.2 Å². The molecule has 2 aromatic heterocycles. The molecule has 1 fully saturated rings. The van der Waals surface area contributed by atoms with Gasteiger partial charge in [-0.3, -0.25) is 4.90 Å². The minimum atomic E-state index is -1.05. The lowest BCUT2D eigenvalue weighted by Gasteiger charge is -2.20. The van der Waals surface area contributed by atoms with E-state index in [0.717, 1.165) is 41.5 Å². The SMILES string of the molecule is CN(C)C1CCN(Cc2ccc(-c3cnc(N)c(-c4nnnn4-c4cccc(F)c4F)c3)cc2)C1. The van der Waals surface area contributed by atoms with E-state index in [1.165, 1.54) is 24.1 Å². The summed E-state index contributed by atoms with van der Waals surface area (Å²) in [4.78, 5) is 9.06. The molecule has 1 saturated heterocycles. The summed E-state index contributed by atoms with van der Waals surface area (Å²) in [5.74, 6) is -1.69. The Hall–Kier alpha value is -3.76. The van der Waals surface area contributed by atoms with Crippen molar-refractivity contribution in [2.45, 2.75) is 19.0 Å². The lowest BCUT2D eigenvalue weighted by molar-refractivity contribution is 0.264. The molecule has 0 amide bonds. The van der Waals surface area contributed by atoms with Crippen molar-refractivity contribution < 1.29 is 8.78 Å². The zero-order chi connectivity index (χ0) is 24.5. The summed E-state index contributed by atoms with van der Waals surface area (Å²) in [5.41, 5.74) is 9.43. The Morgan fingerprint density at radius 3 is 2.63 bits per heavy atom. The van der Waals surface area contributed by atoms with Gasteiger partial charge in [0.25, 0.3) is 0 Å². The largest absolute Gasteiger partial charge is 0.383 e. The molecule has 5 rings (SSSR count). The second-order valence-electron chi connectivity index (χ2n) is 8.98. The monoisotopic (exact) mass is 476 g/mol. The second-order valence-corrected chi connectivity index (χ2v) is 8.98. The molecule has 1 unspecified atom stereocenters. The first-order valence-corrected chi connectivity index (χ1v) is 11.4. The number of hydrogen-bond acceptors (Lipinski definition) is 7. The molecule has 0 aliphatic carbocycles. The number of anilines is 1. The maximum Gasteiger partial charge on any atom is 0.190 e. The highest BCUT2D eigenvalue weighted by Gasteiger charge is 2.24. The molecule has 1 aliphatic heterocycles. The van der Waals surface area contributed by atoms with E-state index in [-0.39, 0.29) is 17.3 Å². The highest BCUT2D eigenvalue weighted by Crippen LogP contribution is 2.30. The summed E-state index contributed by atoms with van der Waals surface area (Å²) in [6, 6.07) is 14.5. The van der Waals surface area contributed by atoms with Crippen LogP contribution >= 0.6 is 0 Å². The van der Waals surface area contributed by atoms with Crippen molar-refractivity contribution in [3.8, 4) is 28.2 Å². The fourth-order valence-corrected chi connectivity index (χ4v) is 4.42. The zero-order valence-electron chi connectivity index (χ0n) is 19.6. The molecule has 4 aromatic rings. The van der Waals surface area contributed by atoms with E-state index in [1.807, 2.05) is 12.1 Å². The van der Waals surface area contributed by atoms with Crippen molar-refractivity contribution in [1.29, 1.82) is 0 Å². The molecule has 1 aliphatic rings. The van der Waals surface area contributed by atoms with Crippen molar-refractivity contribution in [2.24, 2.45) is 0 Å². The van der Waals surface area contributed by atoms with E-state index in [1.54, 1.807) is 12.3 Å². The molecule has 2 N–H and O–H groups in total. The molecule has 1 atom stereocenters. The van der Waals surface area contributed by atoms with Gasteiger partial charge in [-0.1, -0.05) is 30.3 Å². The summed E-state index contributed by atoms with van der Waals surface area (Å²) in [6.07, 6.45) is 2.86. The number of halogens is 2. The third-order valence-electron chi connectivity index (χ3n) is 6.46. The van der Waals surface area contributed by atoms with E-state index in [0.29, 0.717) is 11.6 Å². The Balaban J connectivity index is 1.40. The molecule has 0 radical (unpaired) electrons. The number of nitrogens with two attached hydrogens (primary N) is 1. The van der Waals surface area contributed by atoms with Gasteiger partial charge >= 0.3 is 0 Å². The van der Waals surface area contributed by atoms with Crippen LogP contribution in [-0.2, 0) is 6.54 Å². The molecule has 180 valence electrons.